The number of rotatable bonds is 6. The van der Waals surface area contributed by atoms with Crippen molar-refractivity contribution in [1.29, 1.82) is 0 Å². The molecule has 1 rings (SSSR count). The summed E-state index contributed by atoms with van der Waals surface area (Å²) in [6.07, 6.45) is 0.385. The van der Waals surface area contributed by atoms with E-state index in [0.717, 1.165) is 0 Å². The number of carbonyl (C=O) groups excluding carboxylic acids is 1. The van der Waals surface area contributed by atoms with Gasteiger partial charge in [0.05, 0.1) is 10.6 Å². The number of Topliss-reactive ketones (excluding diaryl/α,β-unsaturated/α-hetero) is 1. The fourth-order valence-electron chi connectivity index (χ4n) is 1.53. The molecule has 0 amide bonds. The molecule has 1 unspecified atom stereocenters. The zero-order valence-electron chi connectivity index (χ0n) is 10.7. The van der Waals surface area contributed by atoms with Gasteiger partial charge in [-0.25, -0.2) is 8.42 Å². The summed E-state index contributed by atoms with van der Waals surface area (Å²) < 4.78 is 23.2. The Morgan fingerprint density at radius 3 is 2.28 bits per heavy atom. The highest BCUT2D eigenvalue weighted by Gasteiger charge is 2.14. The van der Waals surface area contributed by atoms with E-state index in [1.54, 1.807) is 19.1 Å². The van der Waals surface area contributed by atoms with Crippen LogP contribution < -0.4 is 5.73 Å². The predicted molar refractivity (Wildman–Crippen MR) is 71.3 cm³/mol. The van der Waals surface area contributed by atoms with Crippen LogP contribution in [0.5, 0.6) is 0 Å². The van der Waals surface area contributed by atoms with E-state index in [2.05, 4.69) is 0 Å². The van der Waals surface area contributed by atoms with E-state index >= 15 is 0 Å². The summed E-state index contributed by atoms with van der Waals surface area (Å²) >= 11 is 0. The van der Waals surface area contributed by atoms with Crippen molar-refractivity contribution in [3.05, 3.63) is 29.8 Å². The Hall–Kier alpha value is -1.20. The smallest absolute Gasteiger partial charge is 0.178 e. The van der Waals surface area contributed by atoms with Crippen LogP contribution in [0, 0.1) is 5.92 Å². The van der Waals surface area contributed by atoms with E-state index < -0.39 is 9.84 Å². The largest absolute Gasteiger partial charge is 0.330 e. The molecule has 4 nitrogen and oxygen atoms in total. The van der Waals surface area contributed by atoms with Gasteiger partial charge in [0.15, 0.2) is 15.6 Å². The molecule has 1 aromatic rings. The van der Waals surface area contributed by atoms with Crippen LogP contribution in [0.15, 0.2) is 29.2 Å². The SMILES string of the molecule is CCS(=O)(=O)c1ccc(C(=O)CC(C)CN)cc1. The molecule has 0 aliphatic heterocycles. The molecule has 0 aromatic heterocycles. The molecule has 5 heteroatoms. The van der Waals surface area contributed by atoms with Gasteiger partial charge >= 0.3 is 0 Å². The molecule has 0 heterocycles. The Morgan fingerprint density at radius 2 is 1.83 bits per heavy atom. The standard InChI is InChI=1S/C13H19NO3S/c1-3-18(16,17)12-6-4-11(5-7-12)13(15)8-10(2)9-14/h4-7,10H,3,8-9,14H2,1-2H3. The van der Waals surface area contributed by atoms with Gasteiger partial charge in [0.25, 0.3) is 0 Å². The third kappa shape index (κ3) is 3.65. The van der Waals surface area contributed by atoms with Gasteiger partial charge in [-0.2, -0.15) is 0 Å². The van der Waals surface area contributed by atoms with Gasteiger partial charge < -0.3 is 5.73 Å². The molecule has 0 radical (unpaired) electrons. The minimum Gasteiger partial charge on any atom is -0.330 e. The number of hydrogen-bond donors (Lipinski definition) is 1. The molecule has 0 bridgehead atoms. The van der Waals surface area contributed by atoms with Crippen LogP contribution in [-0.4, -0.2) is 26.5 Å². The minimum atomic E-state index is -3.20. The van der Waals surface area contributed by atoms with Crippen LogP contribution in [-0.2, 0) is 9.84 Å². The third-order valence-electron chi connectivity index (χ3n) is 2.85. The lowest BCUT2D eigenvalue weighted by atomic mass is 10.00. The minimum absolute atomic E-state index is 0.00611. The first kappa shape index (κ1) is 14.9. The Balaban J connectivity index is 2.87. The Bertz CT molecular complexity index is 506. The van der Waals surface area contributed by atoms with E-state index in [9.17, 15) is 13.2 Å². The highest BCUT2D eigenvalue weighted by molar-refractivity contribution is 7.91. The number of carbonyl (C=O) groups is 1. The zero-order chi connectivity index (χ0) is 13.8. The van der Waals surface area contributed by atoms with Gasteiger partial charge in [-0.1, -0.05) is 26.0 Å². The summed E-state index contributed by atoms with van der Waals surface area (Å²) in [4.78, 5) is 12.1. The van der Waals surface area contributed by atoms with Crippen molar-refractivity contribution in [1.82, 2.24) is 0 Å². The monoisotopic (exact) mass is 269 g/mol. The van der Waals surface area contributed by atoms with Gasteiger partial charge in [-0.3, -0.25) is 4.79 Å². The van der Waals surface area contributed by atoms with Crippen LogP contribution in [0.25, 0.3) is 0 Å². The molecule has 0 aliphatic carbocycles. The summed E-state index contributed by atoms with van der Waals surface area (Å²) in [5.74, 6) is 0.190. The molecule has 18 heavy (non-hydrogen) atoms. The van der Waals surface area contributed by atoms with Gasteiger partial charge in [0.1, 0.15) is 0 Å². The van der Waals surface area contributed by atoms with E-state index in [4.69, 9.17) is 5.73 Å². The maximum atomic E-state index is 11.8. The maximum Gasteiger partial charge on any atom is 0.178 e. The van der Waals surface area contributed by atoms with Crippen LogP contribution >= 0.6 is 0 Å². The normalized spacial score (nSPS) is 13.3. The van der Waals surface area contributed by atoms with Crippen molar-refractivity contribution in [3.8, 4) is 0 Å². The van der Waals surface area contributed by atoms with Crippen LogP contribution in [0.1, 0.15) is 30.6 Å². The second-order valence-electron chi connectivity index (χ2n) is 4.40. The van der Waals surface area contributed by atoms with E-state index in [1.165, 1.54) is 12.1 Å². The van der Waals surface area contributed by atoms with Crippen molar-refractivity contribution < 1.29 is 13.2 Å². The first-order valence-corrected chi connectivity index (χ1v) is 7.62. The van der Waals surface area contributed by atoms with Crippen molar-refractivity contribution in [2.45, 2.75) is 25.2 Å². The third-order valence-corrected chi connectivity index (χ3v) is 4.60. The number of sulfone groups is 1. The van der Waals surface area contributed by atoms with Crippen LogP contribution in [0.2, 0.25) is 0 Å². The lowest BCUT2D eigenvalue weighted by Gasteiger charge is -2.07. The molecule has 2 N–H and O–H groups in total. The summed E-state index contributed by atoms with van der Waals surface area (Å²) in [6, 6.07) is 6.10. The molecule has 0 aliphatic rings. The number of benzene rings is 1. The lowest BCUT2D eigenvalue weighted by Crippen LogP contribution is -2.15. The Kier molecular flexibility index (Phi) is 5.04. The summed E-state index contributed by atoms with van der Waals surface area (Å²) in [5, 5.41) is 0. The molecule has 0 spiro atoms. The van der Waals surface area contributed by atoms with Crippen LogP contribution in [0.3, 0.4) is 0 Å². The fraction of sp³-hybridized carbons (Fsp3) is 0.462. The Labute approximate surface area is 108 Å². The first-order chi connectivity index (χ1) is 8.40. The number of ketones is 1. The lowest BCUT2D eigenvalue weighted by molar-refractivity contribution is 0.0966. The topological polar surface area (TPSA) is 77.2 Å². The molecule has 0 saturated carbocycles. The van der Waals surface area contributed by atoms with Gasteiger partial charge in [0, 0.05) is 12.0 Å². The molecule has 1 aromatic carbocycles. The van der Waals surface area contributed by atoms with E-state index in [-0.39, 0.29) is 22.3 Å². The predicted octanol–water partition coefficient (Wildman–Crippen LogP) is 1.65. The first-order valence-electron chi connectivity index (χ1n) is 5.96. The summed E-state index contributed by atoms with van der Waals surface area (Å²) in [5.41, 5.74) is 6.00. The highest BCUT2D eigenvalue weighted by Crippen LogP contribution is 2.15. The van der Waals surface area contributed by atoms with Gasteiger partial charge in [0.2, 0.25) is 0 Å². The highest BCUT2D eigenvalue weighted by atomic mass is 32.2. The van der Waals surface area contributed by atoms with Gasteiger partial charge in [-0.05, 0) is 24.6 Å². The number of nitrogens with two attached hydrogens (primary N) is 1. The van der Waals surface area contributed by atoms with E-state index in [0.29, 0.717) is 18.5 Å². The molecule has 0 fully saturated rings. The van der Waals surface area contributed by atoms with Crippen molar-refractivity contribution in [3.63, 3.8) is 0 Å². The number of hydrogen-bond acceptors (Lipinski definition) is 4. The molecule has 1 atom stereocenters. The molecule has 100 valence electrons. The van der Waals surface area contributed by atoms with Crippen LogP contribution in [0.4, 0.5) is 0 Å². The fourth-order valence-corrected chi connectivity index (χ4v) is 2.42. The molecule has 0 saturated heterocycles. The molecular formula is C13H19NO3S. The average molecular weight is 269 g/mol. The van der Waals surface area contributed by atoms with E-state index in [1.807, 2.05) is 6.92 Å². The second kappa shape index (κ2) is 6.11. The average Bonchev–Trinajstić information content (AvgIpc) is 2.38. The van der Waals surface area contributed by atoms with Crippen molar-refractivity contribution in [2.24, 2.45) is 11.7 Å². The molecular weight excluding hydrogens is 250 g/mol. The van der Waals surface area contributed by atoms with Crippen molar-refractivity contribution >= 4 is 15.6 Å². The van der Waals surface area contributed by atoms with Gasteiger partial charge in [-0.15, -0.1) is 0 Å². The summed E-state index contributed by atoms with van der Waals surface area (Å²) in [6.45, 7) is 3.97. The zero-order valence-corrected chi connectivity index (χ0v) is 11.5. The summed E-state index contributed by atoms with van der Waals surface area (Å²) in [7, 11) is -3.20. The second-order valence-corrected chi connectivity index (χ2v) is 6.67. The van der Waals surface area contributed by atoms with Crippen molar-refractivity contribution in [2.75, 3.05) is 12.3 Å². The maximum absolute atomic E-state index is 11.8. The quantitative estimate of drug-likeness (QED) is 0.796. The Morgan fingerprint density at radius 1 is 1.28 bits per heavy atom.